The van der Waals surface area contributed by atoms with Gasteiger partial charge in [0.1, 0.15) is 22.3 Å². The van der Waals surface area contributed by atoms with E-state index in [-0.39, 0.29) is 2.85 Å². The minimum Gasteiger partial charge on any atom is -0.456 e. The zero-order chi connectivity index (χ0) is 29.6. The van der Waals surface area contributed by atoms with E-state index in [2.05, 4.69) is 134 Å². The average Bonchev–Trinajstić information content (AvgIpc) is 3.66. The molecule has 2 nitrogen and oxygen atoms in total. The maximum Gasteiger partial charge on any atom is 0.143 e. The summed E-state index contributed by atoms with van der Waals surface area (Å²) in [6.07, 6.45) is 0. The van der Waals surface area contributed by atoms with Gasteiger partial charge in [-0.3, -0.25) is 0 Å². The monoisotopic (exact) mass is 578 g/mol. The van der Waals surface area contributed by atoms with Gasteiger partial charge in [-0.1, -0.05) is 121 Å². The summed E-state index contributed by atoms with van der Waals surface area (Å²) in [6, 6.07) is 49.9. The molecule has 8 aromatic carbocycles. The molecule has 2 heteroatoms. The molecule has 10 rings (SSSR count). The van der Waals surface area contributed by atoms with Crippen molar-refractivity contribution >= 4 is 76.2 Å². The molecule has 0 saturated carbocycles. The predicted octanol–water partition coefficient (Wildman–Crippen LogP) is 13.1. The summed E-state index contributed by atoms with van der Waals surface area (Å²) >= 11 is 0. The molecule has 0 atom stereocenters. The molecule has 0 aliphatic carbocycles. The Morgan fingerprint density at radius 1 is 0.422 bits per heavy atom. The average molecular weight is 579 g/mol. The van der Waals surface area contributed by atoms with Gasteiger partial charge in [0, 0.05) is 40.9 Å². The van der Waals surface area contributed by atoms with Crippen LogP contribution >= 0.6 is 0 Å². The number of hydrogen-bond donors (Lipinski definition) is 0. The Morgan fingerprint density at radius 2 is 1.00 bits per heavy atom. The summed E-state index contributed by atoms with van der Waals surface area (Å²) in [5.41, 5.74) is 9.62. The van der Waals surface area contributed by atoms with Crippen LogP contribution in [0, 0.1) is 6.92 Å². The molecule has 0 fully saturated rings. The molecule has 0 radical (unpaired) electrons. The van der Waals surface area contributed by atoms with Crippen molar-refractivity contribution in [2.24, 2.45) is 0 Å². The van der Waals surface area contributed by atoms with Crippen LogP contribution in [-0.4, -0.2) is 0 Å². The molecule has 0 saturated heterocycles. The first kappa shape index (κ1) is 24.6. The standard InChI is InChI=1S/C43H26O2.2H2/c1-25-11-10-12-26(23-25)38-28-13-2-4-15-30(28)40(31-16-5-3-14-29(31)38)34-24-27-21-22-37-41(32-17-6-8-19-35(32)44-37)39(27)42-33-18-7-9-20-36(33)45-43(34)42;;/h2-24H,1H3;2*1H. The zero-order valence-corrected chi connectivity index (χ0v) is 24.6. The number of furan rings is 2. The summed E-state index contributed by atoms with van der Waals surface area (Å²) in [4.78, 5) is 0. The van der Waals surface area contributed by atoms with E-state index >= 15 is 0 Å². The molecule has 10 aromatic rings. The number of hydrogen-bond acceptors (Lipinski definition) is 2. The van der Waals surface area contributed by atoms with Crippen LogP contribution in [0.5, 0.6) is 0 Å². The maximum atomic E-state index is 6.88. The molecule has 0 aliphatic rings. The third-order valence-corrected chi connectivity index (χ3v) is 9.47. The summed E-state index contributed by atoms with van der Waals surface area (Å²) in [5, 5.41) is 11.7. The highest BCUT2D eigenvalue weighted by atomic mass is 16.3. The van der Waals surface area contributed by atoms with Crippen molar-refractivity contribution in [1.29, 1.82) is 0 Å². The molecular weight excluding hydrogens is 548 g/mol. The molecule has 0 aliphatic heterocycles. The summed E-state index contributed by atoms with van der Waals surface area (Å²) in [6.45, 7) is 2.16. The van der Waals surface area contributed by atoms with E-state index in [1.54, 1.807) is 0 Å². The number of fused-ring (bicyclic) bond motifs is 11. The third-order valence-electron chi connectivity index (χ3n) is 9.47. The highest BCUT2D eigenvalue weighted by molar-refractivity contribution is 6.34. The van der Waals surface area contributed by atoms with Crippen molar-refractivity contribution < 1.29 is 11.7 Å². The zero-order valence-electron chi connectivity index (χ0n) is 24.6. The molecule has 0 spiro atoms. The Hall–Kier alpha value is -5.86. The number of rotatable bonds is 2. The second-order valence-corrected chi connectivity index (χ2v) is 12.1. The number of aryl methyl sites for hydroxylation is 1. The van der Waals surface area contributed by atoms with E-state index in [1.165, 1.54) is 54.6 Å². The first-order valence-electron chi connectivity index (χ1n) is 15.4. The van der Waals surface area contributed by atoms with Gasteiger partial charge in [0.05, 0.1) is 0 Å². The van der Waals surface area contributed by atoms with Crippen LogP contribution in [0.3, 0.4) is 0 Å². The molecular formula is C43H30O2. The number of benzene rings is 8. The lowest BCUT2D eigenvalue weighted by Gasteiger charge is -2.18. The minimum atomic E-state index is 0. The van der Waals surface area contributed by atoms with Gasteiger partial charge in [0.2, 0.25) is 0 Å². The highest BCUT2D eigenvalue weighted by Crippen LogP contribution is 2.50. The van der Waals surface area contributed by atoms with E-state index in [4.69, 9.17) is 8.83 Å². The van der Waals surface area contributed by atoms with Gasteiger partial charge in [-0.15, -0.1) is 0 Å². The van der Waals surface area contributed by atoms with Crippen LogP contribution in [0.2, 0.25) is 0 Å². The molecule has 0 N–H and O–H groups in total. The quantitative estimate of drug-likeness (QED) is 0.191. The van der Waals surface area contributed by atoms with Gasteiger partial charge in [0.25, 0.3) is 0 Å². The van der Waals surface area contributed by atoms with Gasteiger partial charge in [-0.05, 0) is 69.2 Å². The van der Waals surface area contributed by atoms with Crippen LogP contribution in [-0.2, 0) is 0 Å². The van der Waals surface area contributed by atoms with E-state index in [0.29, 0.717) is 0 Å². The first-order chi connectivity index (χ1) is 22.2. The largest absolute Gasteiger partial charge is 0.456 e. The predicted molar refractivity (Wildman–Crippen MR) is 193 cm³/mol. The maximum absolute atomic E-state index is 6.88. The van der Waals surface area contributed by atoms with Crippen LogP contribution < -0.4 is 0 Å². The molecule has 0 amide bonds. The lowest BCUT2D eigenvalue weighted by Crippen LogP contribution is -1.92. The third kappa shape index (κ3) is 3.39. The summed E-state index contributed by atoms with van der Waals surface area (Å²) in [5.74, 6) is 0. The lowest BCUT2D eigenvalue weighted by molar-refractivity contribution is 0.669. The second-order valence-electron chi connectivity index (χ2n) is 12.1. The van der Waals surface area contributed by atoms with Crippen LogP contribution in [0.4, 0.5) is 0 Å². The molecule has 2 heterocycles. The normalized spacial score (nSPS) is 12.1. The topological polar surface area (TPSA) is 26.3 Å². The number of para-hydroxylation sites is 2. The highest BCUT2D eigenvalue weighted by Gasteiger charge is 2.24. The van der Waals surface area contributed by atoms with Gasteiger partial charge >= 0.3 is 0 Å². The minimum absolute atomic E-state index is 0. The van der Waals surface area contributed by atoms with Crippen molar-refractivity contribution in [3.05, 3.63) is 145 Å². The molecule has 0 unspecified atom stereocenters. The fraction of sp³-hybridized carbons (Fsp3) is 0.0233. The Bertz CT molecular complexity index is 2780. The molecule has 45 heavy (non-hydrogen) atoms. The fourth-order valence-corrected chi connectivity index (χ4v) is 7.64. The Morgan fingerprint density at radius 3 is 1.67 bits per heavy atom. The molecule has 0 bridgehead atoms. The van der Waals surface area contributed by atoms with Crippen LogP contribution in [0.25, 0.3) is 98.4 Å². The van der Waals surface area contributed by atoms with Crippen molar-refractivity contribution in [3.63, 3.8) is 0 Å². The van der Waals surface area contributed by atoms with Crippen molar-refractivity contribution in [2.75, 3.05) is 0 Å². The van der Waals surface area contributed by atoms with Crippen molar-refractivity contribution in [3.8, 4) is 22.3 Å². The van der Waals surface area contributed by atoms with Crippen molar-refractivity contribution in [2.45, 2.75) is 6.92 Å². The van der Waals surface area contributed by atoms with E-state index in [1.807, 2.05) is 12.1 Å². The smallest absolute Gasteiger partial charge is 0.143 e. The van der Waals surface area contributed by atoms with Crippen LogP contribution in [0.1, 0.15) is 8.42 Å². The van der Waals surface area contributed by atoms with Crippen molar-refractivity contribution in [1.82, 2.24) is 0 Å². The summed E-state index contributed by atoms with van der Waals surface area (Å²) < 4.78 is 13.2. The second kappa shape index (κ2) is 9.07. The summed E-state index contributed by atoms with van der Waals surface area (Å²) in [7, 11) is 0. The van der Waals surface area contributed by atoms with Gasteiger partial charge in [-0.2, -0.15) is 0 Å². The van der Waals surface area contributed by atoms with Gasteiger partial charge in [0.15, 0.2) is 0 Å². The Kier molecular flexibility index (Phi) is 4.95. The Labute approximate surface area is 261 Å². The molecule has 214 valence electrons. The lowest BCUT2D eigenvalue weighted by atomic mass is 9.84. The van der Waals surface area contributed by atoms with Crippen LogP contribution in [0.15, 0.2) is 148 Å². The van der Waals surface area contributed by atoms with Gasteiger partial charge < -0.3 is 8.83 Å². The fourth-order valence-electron chi connectivity index (χ4n) is 7.64. The first-order valence-corrected chi connectivity index (χ1v) is 15.4. The van der Waals surface area contributed by atoms with Gasteiger partial charge in [-0.25, -0.2) is 0 Å². The Balaban J connectivity index is 0.00000162. The van der Waals surface area contributed by atoms with E-state index in [0.717, 1.165) is 49.4 Å². The SMILES string of the molecule is Cc1cccc(-c2c3ccccc3c(-c3cc4ccc5oc6ccccc6c5c4c4c3oc3ccccc34)c3ccccc23)c1.[HH].[HH]. The van der Waals surface area contributed by atoms with E-state index in [9.17, 15) is 0 Å². The molecule has 2 aromatic heterocycles. The van der Waals surface area contributed by atoms with E-state index < -0.39 is 0 Å².